The predicted octanol–water partition coefficient (Wildman–Crippen LogP) is 1.81. The Morgan fingerprint density at radius 2 is 2.21 bits per heavy atom. The fraction of sp³-hybridized carbons (Fsp3) is 0.533. The summed E-state index contributed by atoms with van der Waals surface area (Å²) in [6.45, 7) is 3.26. The summed E-state index contributed by atoms with van der Waals surface area (Å²) in [5, 5.41) is 3.26. The molecule has 1 aliphatic heterocycles. The van der Waals surface area contributed by atoms with Crippen molar-refractivity contribution >= 4 is 11.6 Å². The number of hydrogen-bond donors (Lipinski definition) is 1. The van der Waals surface area contributed by atoms with E-state index in [4.69, 9.17) is 4.74 Å². The smallest absolute Gasteiger partial charge is 0.240 e. The first-order valence-corrected chi connectivity index (χ1v) is 6.85. The van der Waals surface area contributed by atoms with E-state index in [0.29, 0.717) is 6.54 Å². The highest BCUT2D eigenvalue weighted by Crippen LogP contribution is 2.15. The van der Waals surface area contributed by atoms with E-state index in [9.17, 15) is 4.79 Å². The summed E-state index contributed by atoms with van der Waals surface area (Å²) in [5.41, 5.74) is 0.916. The number of likely N-dealkylation sites (N-methyl/N-ethyl adjacent to an activating group) is 1. The number of para-hydroxylation sites is 1. The molecule has 1 heterocycles. The second kappa shape index (κ2) is 6.68. The van der Waals surface area contributed by atoms with Gasteiger partial charge in [0.15, 0.2) is 0 Å². The SMILES string of the molecule is CC(NCC(=O)N(C)c1ccccc1)C1CCCO1. The van der Waals surface area contributed by atoms with Crippen LogP contribution in [0.25, 0.3) is 0 Å². The largest absolute Gasteiger partial charge is 0.377 e. The minimum atomic E-state index is 0.0658. The maximum atomic E-state index is 12.1. The van der Waals surface area contributed by atoms with Gasteiger partial charge < -0.3 is 15.0 Å². The van der Waals surface area contributed by atoms with Crippen LogP contribution in [0.3, 0.4) is 0 Å². The van der Waals surface area contributed by atoms with Crippen molar-refractivity contribution in [3.8, 4) is 0 Å². The van der Waals surface area contributed by atoms with Crippen LogP contribution in [-0.4, -0.2) is 38.3 Å². The van der Waals surface area contributed by atoms with Gasteiger partial charge >= 0.3 is 0 Å². The lowest BCUT2D eigenvalue weighted by Crippen LogP contribution is -2.43. The van der Waals surface area contributed by atoms with E-state index in [1.807, 2.05) is 30.3 Å². The zero-order valence-electron chi connectivity index (χ0n) is 11.6. The molecule has 2 unspecified atom stereocenters. The number of nitrogens with zero attached hydrogens (tertiary/aromatic N) is 1. The topological polar surface area (TPSA) is 41.6 Å². The van der Waals surface area contributed by atoms with Crippen LogP contribution in [0.5, 0.6) is 0 Å². The number of nitrogens with one attached hydrogen (secondary N) is 1. The summed E-state index contributed by atoms with van der Waals surface area (Å²) in [6, 6.07) is 9.89. The van der Waals surface area contributed by atoms with Crippen molar-refractivity contribution in [2.75, 3.05) is 25.1 Å². The van der Waals surface area contributed by atoms with E-state index < -0.39 is 0 Å². The van der Waals surface area contributed by atoms with Crippen LogP contribution in [-0.2, 0) is 9.53 Å². The van der Waals surface area contributed by atoms with Gasteiger partial charge in [-0.05, 0) is 31.9 Å². The van der Waals surface area contributed by atoms with Crippen molar-refractivity contribution in [2.45, 2.75) is 31.9 Å². The number of anilines is 1. The lowest BCUT2D eigenvalue weighted by atomic mass is 10.1. The fourth-order valence-corrected chi connectivity index (χ4v) is 2.29. The van der Waals surface area contributed by atoms with E-state index >= 15 is 0 Å². The lowest BCUT2D eigenvalue weighted by molar-refractivity contribution is -0.117. The third kappa shape index (κ3) is 3.78. The van der Waals surface area contributed by atoms with Gasteiger partial charge in [0.2, 0.25) is 5.91 Å². The summed E-state index contributed by atoms with van der Waals surface area (Å²) in [5.74, 6) is 0.0658. The standard InChI is InChI=1S/C15H22N2O2/c1-12(14-9-6-10-19-14)16-11-15(18)17(2)13-7-4-3-5-8-13/h3-5,7-8,12,14,16H,6,9-11H2,1-2H3. The third-order valence-electron chi connectivity index (χ3n) is 3.62. The van der Waals surface area contributed by atoms with Crippen LogP contribution in [0.15, 0.2) is 30.3 Å². The number of carbonyl (C=O) groups excluding carboxylic acids is 1. The molecule has 1 amide bonds. The van der Waals surface area contributed by atoms with Gasteiger partial charge in [0.1, 0.15) is 0 Å². The van der Waals surface area contributed by atoms with Crippen LogP contribution in [0.2, 0.25) is 0 Å². The molecule has 0 bridgehead atoms. The summed E-state index contributed by atoms with van der Waals surface area (Å²) >= 11 is 0. The van der Waals surface area contributed by atoms with Crippen molar-refractivity contribution in [2.24, 2.45) is 0 Å². The highest BCUT2D eigenvalue weighted by molar-refractivity contribution is 5.94. The van der Waals surface area contributed by atoms with Gasteiger partial charge in [0.05, 0.1) is 12.6 Å². The molecule has 4 nitrogen and oxygen atoms in total. The second-order valence-corrected chi connectivity index (χ2v) is 5.01. The first-order valence-electron chi connectivity index (χ1n) is 6.85. The molecular weight excluding hydrogens is 240 g/mol. The van der Waals surface area contributed by atoms with Crippen molar-refractivity contribution in [3.05, 3.63) is 30.3 Å². The Hall–Kier alpha value is -1.39. The van der Waals surface area contributed by atoms with Crippen LogP contribution in [0, 0.1) is 0 Å². The molecule has 0 aliphatic carbocycles. The first kappa shape index (κ1) is 14.0. The average molecular weight is 262 g/mol. The molecule has 19 heavy (non-hydrogen) atoms. The Bertz CT molecular complexity index is 402. The van der Waals surface area contributed by atoms with Crippen LogP contribution < -0.4 is 10.2 Å². The Kier molecular flexibility index (Phi) is 4.93. The summed E-state index contributed by atoms with van der Waals surface area (Å²) in [6.07, 6.45) is 2.45. The average Bonchev–Trinajstić information content (AvgIpc) is 2.98. The van der Waals surface area contributed by atoms with Crippen molar-refractivity contribution < 1.29 is 9.53 Å². The van der Waals surface area contributed by atoms with Gasteiger partial charge in [0, 0.05) is 25.4 Å². The van der Waals surface area contributed by atoms with E-state index in [2.05, 4.69) is 12.2 Å². The number of ether oxygens (including phenoxy) is 1. The van der Waals surface area contributed by atoms with Gasteiger partial charge in [-0.15, -0.1) is 0 Å². The number of carbonyl (C=O) groups is 1. The fourth-order valence-electron chi connectivity index (χ4n) is 2.29. The van der Waals surface area contributed by atoms with E-state index in [-0.39, 0.29) is 18.1 Å². The molecule has 2 atom stereocenters. The molecule has 0 saturated carbocycles. The Balaban J connectivity index is 1.80. The van der Waals surface area contributed by atoms with E-state index in [1.54, 1.807) is 11.9 Å². The van der Waals surface area contributed by atoms with E-state index in [1.165, 1.54) is 0 Å². The number of hydrogen-bond acceptors (Lipinski definition) is 3. The monoisotopic (exact) mass is 262 g/mol. The molecule has 1 aromatic carbocycles. The lowest BCUT2D eigenvalue weighted by Gasteiger charge is -2.22. The van der Waals surface area contributed by atoms with Crippen molar-refractivity contribution in [1.29, 1.82) is 0 Å². The van der Waals surface area contributed by atoms with Gasteiger partial charge in [-0.1, -0.05) is 18.2 Å². The molecule has 1 fully saturated rings. The Morgan fingerprint density at radius 1 is 1.47 bits per heavy atom. The van der Waals surface area contributed by atoms with Gasteiger partial charge in [0.25, 0.3) is 0 Å². The molecule has 0 radical (unpaired) electrons. The quantitative estimate of drug-likeness (QED) is 0.880. The number of amides is 1. The summed E-state index contributed by atoms with van der Waals surface area (Å²) < 4.78 is 5.60. The predicted molar refractivity (Wildman–Crippen MR) is 76.3 cm³/mol. The normalized spacial score (nSPS) is 20.2. The maximum Gasteiger partial charge on any atom is 0.240 e. The summed E-state index contributed by atoms with van der Waals surface area (Å²) in [4.78, 5) is 13.8. The Morgan fingerprint density at radius 3 is 2.84 bits per heavy atom. The molecule has 0 aromatic heterocycles. The highest BCUT2D eigenvalue weighted by Gasteiger charge is 2.22. The molecule has 0 spiro atoms. The summed E-state index contributed by atoms with van der Waals surface area (Å²) in [7, 11) is 1.80. The molecule has 104 valence electrons. The molecule has 2 rings (SSSR count). The third-order valence-corrected chi connectivity index (χ3v) is 3.62. The molecule has 4 heteroatoms. The zero-order chi connectivity index (χ0) is 13.7. The Labute approximate surface area is 114 Å². The van der Waals surface area contributed by atoms with Gasteiger partial charge in [-0.2, -0.15) is 0 Å². The molecule has 1 N–H and O–H groups in total. The minimum absolute atomic E-state index is 0.0658. The minimum Gasteiger partial charge on any atom is -0.377 e. The molecule has 1 aromatic rings. The molecule has 1 aliphatic rings. The van der Waals surface area contributed by atoms with Crippen molar-refractivity contribution in [1.82, 2.24) is 5.32 Å². The van der Waals surface area contributed by atoms with Crippen LogP contribution in [0.4, 0.5) is 5.69 Å². The van der Waals surface area contributed by atoms with Gasteiger partial charge in [-0.25, -0.2) is 0 Å². The van der Waals surface area contributed by atoms with Crippen molar-refractivity contribution in [3.63, 3.8) is 0 Å². The number of rotatable bonds is 5. The van der Waals surface area contributed by atoms with Gasteiger partial charge in [-0.3, -0.25) is 4.79 Å². The first-order chi connectivity index (χ1) is 9.18. The van der Waals surface area contributed by atoms with Crippen LogP contribution in [0.1, 0.15) is 19.8 Å². The number of benzene rings is 1. The highest BCUT2D eigenvalue weighted by atomic mass is 16.5. The molecule has 1 saturated heterocycles. The van der Waals surface area contributed by atoms with Crippen LogP contribution >= 0.6 is 0 Å². The zero-order valence-corrected chi connectivity index (χ0v) is 11.6. The maximum absolute atomic E-state index is 12.1. The molecular formula is C15H22N2O2. The van der Waals surface area contributed by atoms with E-state index in [0.717, 1.165) is 25.1 Å². The second-order valence-electron chi connectivity index (χ2n) is 5.01.